The molecule has 7 nitrogen and oxygen atoms in total. The fourth-order valence-corrected chi connectivity index (χ4v) is 4.36. The Morgan fingerprint density at radius 2 is 1.92 bits per heavy atom. The van der Waals surface area contributed by atoms with E-state index in [0.717, 1.165) is 40.3 Å². The molecule has 1 unspecified atom stereocenters. The fraction of sp³-hybridized carbons (Fsp3) is 0.429. The van der Waals surface area contributed by atoms with Crippen LogP contribution in [0, 0.1) is 18.2 Å². The van der Waals surface area contributed by atoms with Crippen LogP contribution in [0.3, 0.4) is 0 Å². The molecule has 0 radical (unpaired) electrons. The summed E-state index contributed by atoms with van der Waals surface area (Å²) in [5.41, 5.74) is 5.92. The van der Waals surface area contributed by atoms with Crippen molar-refractivity contribution in [1.82, 2.24) is 24.1 Å². The summed E-state index contributed by atoms with van der Waals surface area (Å²) in [6.45, 7) is 9.03. The van der Waals surface area contributed by atoms with E-state index in [9.17, 15) is 9.50 Å². The van der Waals surface area contributed by atoms with E-state index in [2.05, 4.69) is 19.4 Å². The molecule has 4 aromatic rings. The predicted octanol–water partition coefficient (Wildman–Crippen LogP) is 4.94. The zero-order valence-electron chi connectivity index (χ0n) is 22.2. The van der Waals surface area contributed by atoms with Gasteiger partial charge < -0.3 is 19.1 Å². The molecule has 0 saturated heterocycles. The number of hydrogen-bond acceptors (Lipinski definition) is 5. The Kier molecular flexibility index (Phi) is 7.20. The summed E-state index contributed by atoms with van der Waals surface area (Å²) in [7, 11) is 5.91. The second kappa shape index (κ2) is 10.0. The minimum Gasteiger partial charge on any atom is -0.492 e. The molecule has 0 fully saturated rings. The van der Waals surface area contributed by atoms with Crippen LogP contribution in [-0.4, -0.2) is 49.9 Å². The van der Waals surface area contributed by atoms with E-state index in [-0.39, 0.29) is 11.2 Å². The summed E-state index contributed by atoms with van der Waals surface area (Å²) in [6.07, 6.45) is 3.74. The molecule has 3 aromatic heterocycles. The van der Waals surface area contributed by atoms with Crippen LogP contribution < -0.4 is 4.74 Å². The van der Waals surface area contributed by atoms with Crippen molar-refractivity contribution >= 4 is 5.65 Å². The Labute approximate surface area is 212 Å². The van der Waals surface area contributed by atoms with E-state index in [1.54, 1.807) is 10.7 Å². The molecule has 4 rings (SSSR count). The van der Waals surface area contributed by atoms with Crippen molar-refractivity contribution in [2.75, 3.05) is 20.7 Å². The van der Waals surface area contributed by atoms with Crippen molar-refractivity contribution in [2.24, 2.45) is 12.5 Å². The number of aromatic nitrogens is 4. The molecule has 36 heavy (non-hydrogen) atoms. The Morgan fingerprint density at radius 3 is 2.61 bits per heavy atom. The molecule has 1 aromatic carbocycles. The van der Waals surface area contributed by atoms with Crippen LogP contribution in [0.5, 0.6) is 5.75 Å². The van der Waals surface area contributed by atoms with Gasteiger partial charge in [-0.1, -0.05) is 20.8 Å². The van der Waals surface area contributed by atoms with E-state index in [1.165, 1.54) is 12.1 Å². The summed E-state index contributed by atoms with van der Waals surface area (Å²) in [5.74, 6) is 0.121. The van der Waals surface area contributed by atoms with Gasteiger partial charge in [-0.25, -0.2) is 9.37 Å². The normalized spacial score (nSPS) is 13.1. The minimum atomic E-state index is -0.699. The molecule has 0 bridgehead atoms. The third kappa shape index (κ3) is 5.29. The molecule has 0 aliphatic carbocycles. The molecule has 8 heteroatoms. The Morgan fingerprint density at radius 1 is 1.17 bits per heavy atom. The van der Waals surface area contributed by atoms with Gasteiger partial charge in [0.1, 0.15) is 23.3 Å². The second-order valence-electron chi connectivity index (χ2n) is 10.7. The minimum absolute atomic E-state index is 0.325. The highest BCUT2D eigenvalue weighted by molar-refractivity contribution is 5.71. The van der Waals surface area contributed by atoms with Crippen LogP contribution in [0.2, 0.25) is 0 Å². The molecule has 0 spiro atoms. The largest absolute Gasteiger partial charge is 0.492 e. The lowest BCUT2D eigenvalue weighted by atomic mass is 9.85. The van der Waals surface area contributed by atoms with Crippen molar-refractivity contribution in [2.45, 2.75) is 46.8 Å². The average Bonchev–Trinajstić information content (AvgIpc) is 3.32. The molecule has 1 N–H and O–H groups in total. The van der Waals surface area contributed by atoms with E-state index in [1.807, 2.05) is 73.4 Å². The van der Waals surface area contributed by atoms with Gasteiger partial charge in [0.2, 0.25) is 0 Å². The standard InChI is InChI=1S/C28H36FN5O2/c1-18-22(26(31-33(18)7)27(35)28(2,3)4)12-13-36-24-14-20(29)9-10-23(24)19-8-11-25-30-15-21(17-32(5)6)34(25)16-19/h8-11,14-16,27,35H,12-13,17H2,1-7H3. The number of hydrogen-bond donors (Lipinski definition) is 1. The second-order valence-corrected chi connectivity index (χ2v) is 10.7. The third-order valence-electron chi connectivity index (χ3n) is 6.49. The van der Waals surface area contributed by atoms with Gasteiger partial charge in [0, 0.05) is 54.7 Å². The lowest BCUT2D eigenvalue weighted by Gasteiger charge is -2.25. The van der Waals surface area contributed by atoms with Crippen LogP contribution in [0.15, 0.2) is 42.7 Å². The molecule has 0 aliphatic heterocycles. The fourth-order valence-electron chi connectivity index (χ4n) is 4.36. The van der Waals surface area contributed by atoms with E-state index < -0.39 is 6.10 Å². The number of ether oxygens (including phenoxy) is 1. The van der Waals surface area contributed by atoms with E-state index in [4.69, 9.17) is 4.74 Å². The number of nitrogens with zero attached hydrogens (tertiary/aromatic N) is 5. The van der Waals surface area contributed by atoms with Crippen LogP contribution in [0.25, 0.3) is 16.8 Å². The molecule has 1 atom stereocenters. The van der Waals surface area contributed by atoms with Crippen molar-refractivity contribution in [3.05, 3.63) is 71.2 Å². The van der Waals surface area contributed by atoms with Crippen LogP contribution in [0.4, 0.5) is 4.39 Å². The SMILES string of the molecule is Cc1c(CCOc2cc(F)ccc2-c2ccc3ncc(CN(C)C)n3c2)c(C(O)C(C)(C)C)nn1C. The maximum atomic E-state index is 14.2. The maximum absolute atomic E-state index is 14.2. The number of rotatable bonds is 8. The monoisotopic (exact) mass is 493 g/mol. The molecule has 192 valence electrons. The summed E-state index contributed by atoms with van der Waals surface area (Å²) in [6, 6.07) is 8.56. The Balaban J connectivity index is 1.61. The van der Waals surface area contributed by atoms with Gasteiger partial charge in [-0.3, -0.25) is 4.68 Å². The molecule has 0 saturated carbocycles. The maximum Gasteiger partial charge on any atom is 0.136 e. The van der Waals surface area contributed by atoms with E-state index >= 15 is 0 Å². The van der Waals surface area contributed by atoms with Gasteiger partial charge >= 0.3 is 0 Å². The van der Waals surface area contributed by atoms with Crippen LogP contribution in [0.1, 0.15) is 49.5 Å². The molecule has 0 amide bonds. The average molecular weight is 494 g/mol. The quantitative estimate of drug-likeness (QED) is 0.376. The first-order valence-electron chi connectivity index (χ1n) is 12.2. The highest BCUT2D eigenvalue weighted by atomic mass is 19.1. The molecule has 3 heterocycles. The number of pyridine rings is 1. The number of aliphatic hydroxyl groups excluding tert-OH is 1. The highest BCUT2D eigenvalue weighted by Crippen LogP contribution is 2.35. The summed E-state index contributed by atoms with van der Waals surface area (Å²) < 4.78 is 24.3. The first kappa shape index (κ1) is 25.9. The third-order valence-corrected chi connectivity index (χ3v) is 6.49. The lowest BCUT2D eigenvalue weighted by Crippen LogP contribution is -2.20. The van der Waals surface area contributed by atoms with Crippen molar-refractivity contribution < 1.29 is 14.2 Å². The smallest absolute Gasteiger partial charge is 0.136 e. The zero-order chi connectivity index (χ0) is 26.2. The van der Waals surface area contributed by atoms with Crippen LogP contribution in [-0.2, 0) is 20.0 Å². The molecular formula is C28H36FN5O2. The molecule has 0 aliphatic rings. The predicted molar refractivity (Wildman–Crippen MR) is 140 cm³/mol. The number of imidazole rings is 1. The van der Waals surface area contributed by atoms with Gasteiger partial charge in [0.15, 0.2) is 0 Å². The topological polar surface area (TPSA) is 67.8 Å². The van der Waals surface area contributed by atoms with Crippen molar-refractivity contribution in [3.63, 3.8) is 0 Å². The number of fused-ring (bicyclic) bond motifs is 1. The van der Waals surface area contributed by atoms with Gasteiger partial charge in [0.05, 0.1) is 24.2 Å². The molecular weight excluding hydrogens is 457 g/mol. The van der Waals surface area contributed by atoms with Gasteiger partial charge in [0.25, 0.3) is 0 Å². The first-order chi connectivity index (χ1) is 17.0. The summed E-state index contributed by atoms with van der Waals surface area (Å²) in [4.78, 5) is 6.58. The summed E-state index contributed by atoms with van der Waals surface area (Å²) >= 11 is 0. The highest BCUT2D eigenvalue weighted by Gasteiger charge is 2.29. The first-order valence-corrected chi connectivity index (χ1v) is 12.2. The number of aryl methyl sites for hydroxylation is 1. The number of aliphatic hydroxyl groups is 1. The van der Waals surface area contributed by atoms with Gasteiger partial charge in [-0.2, -0.15) is 5.10 Å². The van der Waals surface area contributed by atoms with Crippen molar-refractivity contribution in [1.29, 1.82) is 0 Å². The van der Waals surface area contributed by atoms with Gasteiger partial charge in [-0.05, 0) is 50.7 Å². The summed E-state index contributed by atoms with van der Waals surface area (Å²) in [5, 5.41) is 15.5. The van der Waals surface area contributed by atoms with Gasteiger partial charge in [-0.15, -0.1) is 0 Å². The zero-order valence-corrected chi connectivity index (χ0v) is 22.2. The van der Waals surface area contributed by atoms with Crippen LogP contribution >= 0.6 is 0 Å². The Bertz CT molecular complexity index is 1370. The number of halogens is 1. The Hall–Kier alpha value is -3.23. The lowest BCUT2D eigenvalue weighted by molar-refractivity contribution is 0.0575. The van der Waals surface area contributed by atoms with Crippen molar-refractivity contribution in [3.8, 4) is 16.9 Å². The number of benzene rings is 1. The van der Waals surface area contributed by atoms with E-state index in [0.29, 0.717) is 24.5 Å².